The van der Waals surface area contributed by atoms with Gasteiger partial charge in [0.2, 0.25) is 5.91 Å². The second kappa shape index (κ2) is 8.83. The molecule has 0 atom stereocenters. The van der Waals surface area contributed by atoms with Gasteiger partial charge in [-0.3, -0.25) is 9.78 Å². The zero-order valence-electron chi connectivity index (χ0n) is 15.7. The van der Waals surface area contributed by atoms with Gasteiger partial charge in [-0.05, 0) is 62.3 Å². The molecule has 27 heavy (non-hydrogen) atoms. The zero-order valence-corrected chi connectivity index (χ0v) is 17.3. The average molecular weight is 403 g/mol. The van der Waals surface area contributed by atoms with E-state index in [2.05, 4.69) is 5.32 Å². The van der Waals surface area contributed by atoms with Crippen LogP contribution in [0.5, 0.6) is 0 Å². The zero-order chi connectivity index (χ0) is 18.6. The van der Waals surface area contributed by atoms with Crippen LogP contribution in [-0.2, 0) is 17.6 Å². The second-order valence-corrected chi connectivity index (χ2v) is 9.20. The van der Waals surface area contributed by atoms with Crippen LogP contribution < -0.4 is 5.32 Å². The summed E-state index contributed by atoms with van der Waals surface area (Å²) in [5.41, 5.74) is 3.54. The minimum absolute atomic E-state index is 0.156. The fourth-order valence-electron chi connectivity index (χ4n) is 4.35. The Morgan fingerprint density at radius 3 is 2.70 bits per heavy atom. The number of aryl methyl sites for hydroxylation is 1. The molecule has 2 aliphatic rings. The first-order valence-electron chi connectivity index (χ1n) is 10.2. The van der Waals surface area contributed by atoms with E-state index in [0.717, 1.165) is 41.6 Å². The SMILES string of the molecule is O=C(CSc1c2c(nc3ccc(Cl)cc13)CCCC2)NC1CCCCCC1. The van der Waals surface area contributed by atoms with Crippen molar-refractivity contribution < 1.29 is 4.79 Å². The van der Waals surface area contributed by atoms with Gasteiger partial charge in [0.1, 0.15) is 0 Å². The fraction of sp³-hybridized carbons (Fsp3) is 0.545. The number of benzene rings is 1. The molecule has 0 saturated heterocycles. The van der Waals surface area contributed by atoms with Gasteiger partial charge < -0.3 is 5.32 Å². The number of halogens is 1. The lowest BCUT2D eigenvalue weighted by Gasteiger charge is -2.21. The number of carbonyl (C=O) groups excluding carboxylic acids is 1. The summed E-state index contributed by atoms with van der Waals surface area (Å²) in [6.07, 6.45) is 11.8. The molecule has 4 rings (SSSR count). The molecule has 3 nitrogen and oxygen atoms in total. The van der Waals surface area contributed by atoms with Crippen LogP contribution in [0.15, 0.2) is 23.1 Å². The molecule has 1 aromatic heterocycles. The van der Waals surface area contributed by atoms with Crippen LogP contribution in [-0.4, -0.2) is 22.7 Å². The van der Waals surface area contributed by atoms with E-state index in [1.54, 1.807) is 11.8 Å². The van der Waals surface area contributed by atoms with Crippen LogP contribution in [0, 0.1) is 0 Å². The quantitative estimate of drug-likeness (QED) is 0.527. The number of thioether (sulfide) groups is 1. The van der Waals surface area contributed by atoms with Gasteiger partial charge in [-0.15, -0.1) is 11.8 Å². The lowest BCUT2D eigenvalue weighted by molar-refractivity contribution is -0.119. The van der Waals surface area contributed by atoms with E-state index in [9.17, 15) is 4.79 Å². The summed E-state index contributed by atoms with van der Waals surface area (Å²) in [5.74, 6) is 0.623. The van der Waals surface area contributed by atoms with Gasteiger partial charge in [0.25, 0.3) is 0 Å². The minimum atomic E-state index is 0.156. The van der Waals surface area contributed by atoms with Crippen molar-refractivity contribution >= 4 is 40.2 Å². The minimum Gasteiger partial charge on any atom is -0.353 e. The second-order valence-electron chi connectivity index (χ2n) is 7.78. The third kappa shape index (κ3) is 4.60. The van der Waals surface area contributed by atoms with Crippen LogP contribution in [0.2, 0.25) is 5.02 Å². The van der Waals surface area contributed by atoms with E-state index in [4.69, 9.17) is 16.6 Å². The van der Waals surface area contributed by atoms with Crippen molar-refractivity contribution in [3.63, 3.8) is 0 Å². The van der Waals surface area contributed by atoms with Crippen LogP contribution in [0.4, 0.5) is 0 Å². The van der Waals surface area contributed by atoms with Crippen molar-refractivity contribution in [1.82, 2.24) is 10.3 Å². The molecule has 1 aromatic carbocycles. The van der Waals surface area contributed by atoms with Crippen molar-refractivity contribution in [2.24, 2.45) is 0 Å². The molecule has 1 amide bonds. The Labute approximate surface area is 170 Å². The van der Waals surface area contributed by atoms with Crippen molar-refractivity contribution in [2.45, 2.75) is 75.1 Å². The van der Waals surface area contributed by atoms with Crippen LogP contribution in [0.1, 0.15) is 62.6 Å². The van der Waals surface area contributed by atoms with E-state index in [1.165, 1.54) is 54.7 Å². The number of carbonyl (C=O) groups is 1. The molecular weight excluding hydrogens is 376 g/mol. The largest absolute Gasteiger partial charge is 0.353 e. The van der Waals surface area contributed by atoms with Gasteiger partial charge >= 0.3 is 0 Å². The maximum atomic E-state index is 12.6. The molecular formula is C22H27ClN2OS. The fourth-order valence-corrected chi connectivity index (χ4v) is 5.59. The topological polar surface area (TPSA) is 42.0 Å². The van der Waals surface area contributed by atoms with Gasteiger partial charge in [0.15, 0.2) is 0 Å². The van der Waals surface area contributed by atoms with Crippen molar-refractivity contribution in [3.05, 3.63) is 34.5 Å². The third-order valence-corrected chi connectivity index (χ3v) is 7.14. The number of nitrogens with zero attached hydrogens (tertiary/aromatic N) is 1. The van der Waals surface area contributed by atoms with Crippen LogP contribution >= 0.6 is 23.4 Å². The Balaban J connectivity index is 1.53. The Kier molecular flexibility index (Phi) is 6.24. The Morgan fingerprint density at radius 2 is 1.89 bits per heavy atom. The molecule has 0 bridgehead atoms. The van der Waals surface area contributed by atoms with Gasteiger partial charge in [0.05, 0.1) is 11.3 Å². The summed E-state index contributed by atoms with van der Waals surface area (Å²) >= 11 is 7.93. The van der Waals surface area contributed by atoms with E-state index in [1.807, 2.05) is 18.2 Å². The molecule has 2 aliphatic carbocycles. The third-order valence-electron chi connectivity index (χ3n) is 5.74. The number of aromatic nitrogens is 1. The van der Waals surface area contributed by atoms with E-state index >= 15 is 0 Å². The molecule has 2 aromatic rings. The highest BCUT2D eigenvalue weighted by atomic mass is 35.5. The molecule has 1 heterocycles. The number of hydrogen-bond acceptors (Lipinski definition) is 3. The van der Waals surface area contributed by atoms with Crippen molar-refractivity contribution in [2.75, 3.05) is 5.75 Å². The molecule has 1 N–H and O–H groups in total. The maximum Gasteiger partial charge on any atom is 0.230 e. The van der Waals surface area contributed by atoms with Gasteiger partial charge in [-0.25, -0.2) is 0 Å². The number of hydrogen-bond donors (Lipinski definition) is 1. The molecule has 0 spiro atoms. The highest BCUT2D eigenvalue weighted by Crippen LogP contribution is 2.37. The van der Waals surface area contributed by atoms with Crippen molar-refractivity contribution in [1.29, 1.82) is 0 Å². The summed E-state index contributed by atoms with van der Waals surface area (Å²) in [5, 5.41) is 5.09. The summed E-state index contributed by atoms with van der Waals surface area (Å²) < 4.78 is 0. The monoisotopic (exact) mass is 402 g/mol. The molecule has 0 radical (unpaired) electrons. The van der Waals surface area contributed by atoms with E-state index in [-0.39, 0.29) is 5.91 Å². The molecule has 5 heteroatoms. The number of pyridine rings is 1. The summed E-state index contributed by atoms with van der Waals surface area (Å²) in [6, 6.07) is 6.27. The predicted molar refractivity (Wildman–Crippen MR) is 114 cm³/mol. The first-order valence-corrected chi connectivity index (χ1v) is 11.6. The van der Waals surface area contributed by atoms with E-state index in [0.29, 0.717) is 11.8 Å². The number of fused-ring (bicyclic) bond motifs is 2. The molecule has 0 unspecified atom stereocenters. The number of nitrogens with one attached hydrogen (secondary N) is 1. The lowest BCUT2D eigenvalue weighted by atomic mass is 9.94. The van der Waals surface area contributed by atoms with Gasteiger partial charge in [-0.1, -0.05) is 37.3 Å². The standard InChI is InChI=1S/C22H27ClN2OS/c23-15-11-12-20-18(13-15)22(17-9-5-6-10-19(17)25-20)27-14-21(26)24-16-7-3-1-2-4-8-16/h11-13,16H,1-10,14H2,(H,24,26). The lowest BCUT2D eigenvalue weighted by Crippen LogP contribution is -2.35. The summed E-state index contributed by atoms with van der Waals surface area (Å²) in [7, 11) is 0. The molecule has 1 saturated carbocycles. The van der Waals surface area contributed by atoms with Crippen LogP contribution in [0.3, 0.4) is 0 Å². The Bertz CT molecular complexity index is 831. The van der Waals surface area contributed by atoms with E-state index < -0.39 is 0 Å². The van der Waals surface area contributed by atoms with Crippen molar-refractivity contribution in [3.8, 4) is 0 Å². The predicted octanol–water partition coefficient (Wildman–Crippen LogP) is 5.70. The highest BCUT2D eigenvalue weighted by Gasteiger charge is 2.20. The summed E-state index contributed by atoms with van der Waals surface area (Å²) in [6.45, 7) is 0. The molecule has 1 fully saturated rings. The first-order chi connectivity index (χ1) is 13.2. The van der Waals surface area contributed by atoms with Crippen LogP contribution in [0.25, 0.3) is 10.9 Å². The molecule has 0 aliphatic heterocycles. The first kappa shape index (κ1) is 19.1. The normalized spacial score (nSPS) is 18.1. The number of rotatable bonds is 4. The number of amides is 1. The Hall–Kier alpha value is -1.26. The Morgan fingerprint density at radius 1 is 1.11 bits per heavy atom. The maximum absolute atomic E-state index is 12.6. The molecule has 144 valence electrons. The smallest absolute Gasteiger partial charge is 0.230 e. The highest BCUT2D eigenvalue weighted by molar-refractivity contribution is 8.00. The van der Waals surface area contributed by atoms with Gasteiger partial charge in [0, 0.05) is 27.0 Å². The summed E-state index contributed by atoms with van der Waals surface area (Å²) in [4.78, 5) is 18.7. The average Bonchev–Trinajstić information content (AvgIpc) is 2.94. The van der Waals surface area contributed by atoms with Gasteiger partial charge in [-0.2, -0.15) is 0 Å².